The van der Waals surface area contributed by atoms with Crippen LogP contribution in [0.25, 0.3) is 11.0 Å². The molecule has 0 aliphatic carbocycles. The van der Waals surface area contributed by atoms with Crippen molar-refractivity contribution in [3.63, 3.8) is 0 Å². The largest absolute Gasteiger partial charge is 0.497 e. The SMILES string of the molecule is COc1ccc(CCN2CN(CC3CCCO3)c3nc4ccccc4n3C2)cc1. The first kappa shape index (κ1) is 18.5. The fourth-order valence-electron chi connectivity index (χ4n) is 4.39. The molecule has 0 bridgehead atoms. The zero-order valence-corrected chi connectivity index (χ0v) is 17.0. The van der Waals surface area contributed by atoms with E-state index in [4.69, 9.17) is 14.5 Å². The molecule has 0 spiro atoms. The van der Waals surface area contributed by atoms with Gasteiger partial charge < -0.3 is 14.4 Å². The van der Waals surface area contributed by atoms with E-state index in [0.717, 1.165) is 69.5 Å². The van der Waals surface area contributed by atoms with E-state index in [0.29, 0.717) is 6.10 Å². The number of aromatic nitrogens is 2. The predicted molar refractivity (Wildman–Crippen MR) is 114 cm³/mol. The fraction of sp³-hybridized carbons (Fsp3) is 0.435. The molecule has 3 aromatic rings. The van der Waals surface area contributed by atoms with Crippen molar-refractivity contribution in [2.75, 3.05) is 38.4 Å². The number of fused-ring (bicyclic) bond motifs is 3. The summed E-state index contributed by atoms with van der Waals surface area (Å²) in [6.45, 7) is 4.55. The van der Waals surface area contributed by atoms with Crippen LogP contribution in [0.1, 0.15) is 18.4 Å². The molecule has 0 radical (unpaired) electrons. The van der Waals surface area contributed by atoms with Gasteiger partial charge in [-0.2, -0.15) is 0 Å². The molecular formula is C23H28N4O2. The summed E-state index contributed by atoms with van der Waals surface area (Å²) in [5, 5.41) is 0. The molecule has 6 nitrogen and oxygen atoms in total. The molecule has 0 N–H and O–H groups in total. The number of ether oxygens (including phenoxy) is 2. The molecule has 5 rings (SSSR count). The Kier molecular flexibility index (Phi) is 5.12. The Morgan fingerprint density at radius 3 is 2.76 bits per heavy atom. The van der Waals surface area contributed by atoms with Gasteiger partial charge in [-0.15, -0.1) is 0 Å². The summed E-state index contributed by atoms with van der Waals surface area (Å²) in [6.07, 6.45) is 3.63. The van der Waals surface area contributed by atoms with Crippen LogP contribution in [0.15, 0.2) is 48.5 Å². The third-order valence-electron chi connectivity index (χ3n) is 5.95. The molecule has 0 saturated carbocycles. The Balaban J connectivity index is 1.36. The third-order valence-corrected chi connectivity index (χ3v) is 5.95. The molecule has 2 aliphatic rings. The lowest BCUT2D eigenvalue weighted by molar-refractivity contribution is 0.107. The first-order valence-corrected chi connectivity index (χ1v) is 10.5. The summed E-state index contributed by atoms with van der Waals surface area (Å²) in [4.78, 5) is 9.84. The molecule has 1 saturated heterocycles. The first-order valence-electron chi connectivity index (χ1n) is 10.5. The van der Waals surface area contributed by atoms with Crippen molar-refractivity contribution in [1.29, 1.82) is 0 Å². The lowest BCUT2D eigenvalue weighted by atomic mass is 10.1. The van der Waals surface area contributed by atoms with Crippen molar-refractivity contribution in [3.05, 3.63) is 54.1 Å². The average molecular weight is 393 g/mol. The van der Waals surface area contributed by atoms with Crippen molar-refractivity contribution in [2.24, 2.45) is 0 Å². The van der Waals surface area contributed by atoms with Gasteiger partial charge in [-0.1, -0.05) is 24.3 Å². The van der Waals surface area contributed by atoms with Gasteiger partial charge in [-0.25, -0.2) is 4.98 Å². The number of anilines is 1. The molecule has 6 heteroatoms. The van der Waals surface area contributed by atoms with Crippen LogP contribution in [0.4, 0.5) is 5.95 Å². The number of hydrogen-bond acceptors (Lipinski definition) is 5. The van der Waals surface area contributed by atoms with E-state index in [1.807, 2.05) is 12.1 Å². The molecule has 0 amide bonds. The molecule has 1 aromatic heterocycles. The standard InChI is InChI=1S/C23H28N4O2/c1-28-19-10-8-18(9-11-19)12-13-25-16-26(15-20-5-4-14-29-20)23-24-21-6-2-3-7-22(21)27(23)17-25/h2-3,6-11,20H,4-5,12-17H2,1H3. The van der Waals surface area contributed by atoms with Crippen molar-refractivity contribution in [2.45, 2.75) is 32.0 Å². The maximum Gasteiger partial charge on any atom is 0.208 e. The second kappa shape index (κ2) is 8.05. The molecule has 29 heavy (non-hydrogen) atoms. The highest BCUT2D eigenvalue weighted by Gasteiger charge is 2.29. The number of rotatable bonds is 6. The van der Waals surface area contributed by atoms with E-state index in [-0.39, 0.29) is 0 Å². The van der Waals surface area contributed by atoms with E-state index >= 15 is 0 Å². The normalized spacial score (nSPS) is 19.6. The van der Waals surface area contributed by atoms with Gasteiger partial charge in [0.05, 0.1) is 37.6 Å². The summed E-state index contributed by atoms with van der Waals surface area (Å²) < 4.78 is 13.5. The Hall–Kier alpha value is -2.57. The molecule has 2 aromatic carbocycles. The fourth-order valence-corrected chi connectivity index (χ4v) is 4.39. The molecule has 152 valence electrons. The van der Waals surface area contributed by atoms with Crippen molar-refractivity contribution < 1.29 is 9.47 Å². The summed E-state index contributed by atoms with van der Waals surface area (Å²) >= 11 is 0. The second-order valence-corrected chi connectivity index (χ2v) is 7.96. The van der Waals surface area contributed by atoms with E-state index in [2.05, 4.69) is 50.8 Å². The van der Waals surface area contributed by atoms with E-state index < -0.39 is 0 Å². The Morgan fingerprint density at radius 1 is 1.10 bits per heavy atom. The highest BCUT2D eigenvalue weighted by molar-refractivity contribution is 5.79. The Morgan fingerprint density at radius 2 is 1.97 bits per heavy atom. The van der Waals surface area contributed by atoms with Crippen LogP contribution >= 0.6 is 0 Å². The molecule has 1 unspecified atom stereocenters. The second-order valence-electron chi connectivity index (χ2n) is 7.96. The monoisotopic (exact) mass is 392 g/mol. The number of imidazole rings is 1. The van der Waals surface area contributed by atoms with Gasteiger partial charge in [-0.3, -0.25) is 9.47 Å². The maximum absolute atomic E-state index is 5.92. The number of hydrogen-bond donors (Lipinski definition) is 0. The predicted octanol–water partition coefficient (Wildman–Crippen LogP) is 3.50. The van der Waals surface area contributed by atoms with Gasteiger partial charge in [0.2, 0.25) is 5.95 Å². The lowest BCUT2D eigenvalue weighted by Gasteiger charge is -2.38. The average Bonchev–Trinajstić information content (AvgIpc) is 3.40. The van der Waals surface area contributed by atoms with Gasteiger partial charge in [0.1, 0.15) is 5.75 Å². The van der Waals surface area contributed by atoms with Gasteiger partial charge in [-0.05, 0) is 49.1 Å². The molecule has 1 fully saturated rings. The van der Waals surface area contributed by atoms with Crippen molar-refractivity contribution in [3.8, 4) is 5.75 Å². The van der Waals surface area contributed by atoms with Crippen LogP contribution in [0, 0.1) is 0 Å². The van der Waals surface area contributed by atoms with Crippen molar-refractivity contribution in [1.82, 2.24) is 14.5 Å². The minimum absolute atomic E-state index is 0.310. The van der Waals surface area contributed by atoms with Crippen LogP contribution < -0.4 is 9.64 Å². The Labute approximate surface area is 171 Å². The molecule has 1 atom stereocenters. The number of benzene rings is 2. The van der Waals surface area contributed by atoms with Crippen LogP contribution in [0.3, 0.4) is 0 Å². The van der Waals surface area contributed by atoms with Gasteiger partial charge in [0.15, 0.2) is 0 Å². The van der Waals surface area contributed by atoms with Crippen molar-refractivity contribution >= 4 is 17.0 Å². The number of para-hydroxylation sites is 2. The maximum atomic E-state index is 5.92. The van der Waals surface area contributed by atoms with E-state index in [1.54, 1.807) is 7.11 Å². The quantitative estimate of drug-likeness (QED) is 0.642. The molecule has 2 aliphatic heterocycles. The zero-order valence-electron chi connectivity index (χ0n) is 17.0. The first-order chi connectivity index (χ1) is 14.3. The highest BCUT2D eigenvalue weighted by Crippen LogP contribution is 2.28. The van der Waals surface area contributed by atoms with E-state index in [1.165, 1.54) is 11.1 Å². The topological polar surface area (TPSA) is 42.8 Å². The minimum atomic E-state index is 0.310. The zero-order chi connectivity index (χ0) is 19.6. The van der Waals surface area contributed by atoms with Gasteiger partial charge in [0.25, 0.3) is 0 Å². The number of nitrogens with zero attached hydrogens (tertiary/aromatic N) is 4. The summed E-state index contributed by atoms with van der Waals surface area (Å²) in [5.74, 6) is 1.98. The minimum Gasteiger partial charge on any atom is -0.497 e. The van der Waals surface area contributed by atoms with E-state index in [9.17, 15) is 0 Å². The van der Waals surface area contributed by atoms with Crippen LogP contribution in [0.5, 0.6) is 5.75 Å². The summed E-state index contributed by atoms with van der Waals surface area (Å²) in [6, 6.07) is 16.8. The highest BCUT2D eigenvalue weighted by atomic mass is 16.5. The number of methoxy groups -OCH3 is 1. The third kappa shape index (κ3) is 3.82. The lowest BCUT2D eigenvalue weighted by Crippen LogP contribution is -2.48. The summed E-state index contributed by atoms with van der Waals surface area (Å²) in [5.41, 5.74) is 3.60. The summed E-state index contributed by atoms with van der Waals surface area (Å²) in [7, 11) is 1.71. The molecule has 3 heterocycles. The Bertz CT molecular complexity index is 963. The van der Waals surface area contributed by atoms with Gasteiger partial charge in [0, 0.05) is 19.7 Å². The smallest absolute Gasteiger partial charge is 0.208 e. The molecular weight excluding hydrogens is 364 g/mol. The van der Waals surface area contributed by atoms with Gasteiger partial charge >= 0.3 is 0 Å². The van der Waals surface area contributed by atoms with Crippen LogP contribution in [0.2, 0.25) is 0 Å². The van der Waals surface area contributed by atoms with Crippen LogP contribution in [-0.2, 0) is 17.8 Å². The van der Waals surface area contributed by atoms with Crippen LogP contribution in [-0.4, -0.2) is 54.0 Å².